The average molecular weight is 411 g/mol. The minimum absolute atomic E-state index is 0.00703. The fourth-order valence-electron chi connectivity index (χ4n) is 2.81. The molecule has 1 amide bonds. The van der Waals surface area contributed by atoms with Crippen LogP contribution in [-0.2, 0) is 11.3 Å². The van der Waals surface area contributed by atoms with Gasteiger partial charge in [0.25, 0.3) is 5.69 Å². The van der Waals surface area contributed by atoms with Crippen LogP contribution in [0.25, 0.3) is 11.4 Å². The highest BCUT2D eigenvalue weighted by Crippen LogP contribution is 2.28. The van der Waals surface area contributed by atoms with Crippen molar-refractivity contribution in [3.05, 3.63) is 64.2 Å². The molecule has 3 aromatic rings. The largest absolute Gasteiger partial charge is 0.325 e. The second-order valence-electron chi connectivity index (χ2n) is 6.42. The number of thioether (sulfide) groups is 1. The summed E-state index contributed by atoms with van der Waals surface area (Å²) in [6.45, 7) is 6.19. The Morgan fingerprint density at radius 2 is 1.97 bits per heavy atom. The van der Waals surface area contributed by atoms with Crippen molar-refractivity contribution in [3.8, 4) is 11.4 Å². The maximum Gasteiger partial charge on any atom is 0.269 e. The number of carbonyl (C=O) groups excluding carboxylic acids is 1. The summed E-state index contributed by atoms with van der Waals surface area (Å²) in [5.41, 5.74) is 2.14. The van der Waals surface area contributed by atoms with E-state index in [-0.39, 0.29) is 11.6 Å². The van der Waals surface area contributed by atoms with E-state index in [1.165, 1.54) is 23.9 Å². The Labute approximate surface area is 172 Å². The van der Waals surface area contributed by atoms with E-state index in [9.17, 15) is 14.9 Å². The molecule has 0 radical (unpaired) electrons. The maximum absolute atomic E-state index is 12.6. The molecule has 0 aliphatic rings. The summed E-state index contributed by atoms with van der Waals surface area (Å²) in [7, 11) is 0. The molecule has 2 aromatic carbocycles. The van der Waals surface area contributed by atoms with Crippen molar-refractivity contribution in [1.29, 1.82) is 0 Å². The molecule has 0 saturated carbocycles. The number of hydrogen-bond donors (Lipinski definition) is 1. The predicted molar refractivity (Wildman–Crippen MR) is 113 cm³/mol. The van der Waals surface area contributed by atoms with Crippen LogP contribution < -0.4 is 5.32 Å². The highest BCUT2D eigenvalue weighted by molar-refractivity contribution is 8.00. The molecule has 0 spiro atoms. The van der Waals surface area contributed by atoms with Crippen molar-refractivity contribution in [2.24, 2.45) is 0 Å². The van der Waals surface area contributed by atoms with Gasteiger partial charge in [-0.2, -0.15) is 0 Å². The lowest BCUT2D eigenvalue weighted by molar-refractivity contribution is -0.384. The number of nitrogens with zero attached hydrogens (tertiary/aromatic N) is 4. The van der Waals surface area contributed by atoms with Gasteiger partial charge in [-0.05, 0) is 32.4 Å². The van der Waals surface area contributed by atoms with Gasteiger partial charge >= 0.3 is 0 Å². The molecule has 8 nitrogen and oxygen atoms in total. The van der Waals surface area contributed by atoms with Crippen molar-refractivity contribution >= 4 is 29.0 Å². The Bertz CT molecular complexity index is 1040. The van der Waals surface area contributed by atoms with Crippen LogP contribution in [0.2, 0.25) is 0 Å². The number of aryl methyl sites for hydroxylation is 1. The van der Waals surface area contributed by atoms with Crippen molar-refractivity contribution in [3.63, 3.8) is 0 Å². The monoisotopic (exact) mass is 411 g/mol. The number of nitro groups is 1. The van der Waals surface area contributed by atoms with E-state index in [2.05, 4.69) is 15.5 Å². The molecule has 150 valence electrons. The lowest BCUT2D eigenvalue weighted by Crippen LogP contribution is -2.23. The number of amides is 1. The number of benzene rings is 2. The molecule has 29 heavy (non-hydrogen) atoms. The van der Waals surface area contributed by atoms with Crippen molar-refractivity contribution in [1.82, 2.24) is 14.8 Å². The molecular formula is C20H21N5O3S. The molecule has 0 aliphatic carbocycles. The maximum atomic E-state index is 12.6. The van der Waals surface area contributed by atoms with E-state index in [0.717, 1.165) is 11.4 Å². The van der Waals surface area contributed by atoms with Gasteiger partial charge in [0.1, 0.15) is 0 Å². The standard InChI is InChI=1S/C20H21N5O3S/c1-4-24-18(15-8-6-5-7-9-15)22-23-20(24)29-14(3)19(26)21-17-11-10-16(25(27)28)12-13(17)2/h5-12,14H,4H2,1-3H3,(H,21,26)/t14-/m0/s1. The highest BCUT2D eigenvalue weighted by Gasteiger charge is 2.21. The number of hydrogen-bond acceptors (Lipinski definition) is 6. The Morgan fingerprint density at radius 1 is 1.24 bits per heavy atom. The smallest absolute Gasteiger partial charge is 0.269 e. The zero-order valence-electron chi connectivity index (χ0n) is 16.3. The molecule has 1 heterocycles. The minimum Gasteiger partial charge on any atom is -0.325 e. The number of non-ortho nitro benzene ring substituents is 1. The second-order valence-corrected chi connectivity index (χ2v) is 7.73. The SMILES string of the molecule is CCn1c(S[C@@H](C)C(=O)Nc2ccc([N+](=O)[O-])cc2C)nnc1-c1ccccc1. The van der Waals surface area contributed by atoms with Crippen LogP contribution in [0, 0.1) is 17.0 Å². The summed E-state index contributed by atoms with van der Waals surface area (Å²) in [6.07, 6.45) is 0. The quantitative estimate of drug-likeness (QED) is 0.353. The van der Waals surface area contributed by atoms with Crippen LogP contribution in [0.3, 0.4) is 0 Å². The minimum atomic E-state index is -0.459. The van der Waals surface area contributed by atoms with Gasteiger partial charge in [0.05, 0.1) is 10.2 Å². The molecule has 1 aromatic heterocycles. The number of carbonyl (C=O) groups is 1. The summed E-state index contributed by atoms with van der Waals surface area (Å²) in [4.78, 5) is 23.0. The third-order valence-electron chi connectivity index (χ3n) is 4.40. The first-order chi connectivity index (χ1) is 13.9. The number of anilines is 1. The fraction of sp³-hybridized carbons (Fsp3) is 0.250. The molecule has 0 fully saturated rings. The van der Waals surface area contributed by atoms with Gasteiger partial charge < -0.3 is 9.88 Å². The third-order valence-corrected chi connectivity index (χ3v) is 5.48. The molecule has 1 N–H and O–H groups in total. The summed E-state index contributed by atoms with van der Waals surface area (Å²) in [6, 6.07) is 14.1. The van der Waals surface area contributed by atoms with Crippen LogP contribution in [0.5, 0.6) is 0 Å². The van der Waals surface area contributed by atoms with Gasteiger partial charge in [0, 0.05) is 29.9 Å². The zero-order chi connectivity index (χ0) is 21.0. The first-order valence-electron chi connectivity index (χ1n) is 9.12. The number of rotatable bonds is 7. The van der Waals surface area contributed by atoms with E-state index in [4.69, 9.17) is 0 Å². The topological polar surface area (TPSA) is 103 Å². The molecule has 9 heteroatoms. The molecule has 3 rings (SSSR count). The van der Waals surface area contributed by atoms with Gasteiger partial charge in [0.2, 0.25) is 5.91 Å². The zero-order valence-corrected chi connectivity index (χ0v) is 17.1. The van der Waals surface area contributed by atoms with E-state index < -0.39 is 10.2 Å². The van der Waals surface area contributed by atoms with Crippen molar-refractivity contribution in [2.45, 2.75) is 37.7 Å². The molecular weight excluding hydrogens is 390 g/mol. The van der Waals surface area contributed by atoms with Crippen LogP contribution >= 0.6 is 11.8 Å². The van der Waals surface area contributed by atoms with E-state index in [1.54, 1.807) is 19.9 Å². The van der Waals surface area contributed by atoms with Gasteiger partial charge in [-0.3, -0.25) is 14.9 Å². The van der Waals surface area contributed by atoms with Crippen LogP contribution in [0.4, 0.5) is 11.4 Å². The Balaban J connectivity index is 1.73. The molecule has 0 unspecified atom stereocenters. The second kappa shape index (κ2) is 8.87. The van der Waals surface area contributed by atoms with E-state index in [0.29, 0.717) is 23.0 Å². The Hall–Kier alpha value is -3.20. The average Bonchev–Trinajstić information content (AvgIpc) is 3.12. The van der Waals surface area contributed by atoms with Crippen LogP contribution in [0.1, 0.15) is 19.4 Å². The summed E-state index contributed by atoms with van der Waals surface area (Å²) >= 11 is 1.32. The van der Waals surface area contributed by atoms with Gasteiger partial charge in [-0.1, -0.05) is 42.1 Å². The lowest BCUT2D eigenvalue weighted by Gasteiger charge is -2.14. The predicted octanol–water partition coefficient (Wildman–Crippen LogP) is 4.30. The molecule has 1 atom stereocenters. The summed E-state index contributed by atoms with van der Waals surface area (Å²) in [5.74, 6) is 0.549. The normalized spacial score (nSPS) is 11.8. The fourth-order valence-corrected chi connectivity index (χ4v) is 3.72. The van der Waals surface area contributed by atoms with Gasteiger partial charge in [-0.15, -0.1) is 10.2 Å². The number of nitrogens with one attached hydrogen (secondary N) is 1. The van der Waals surface area contributed by atoms with Crippen molar-refractivity contribution in [2.75, 3.05) is 5.32 Å². The molecule has 0 saturated heterocycles. The number of nitro benzene ring substituents is 1. The Morgan fingerprint density at radius 3 is 2.59 bits per heavy atom. The van der Waals surface area contributed by atoms with Crippen LogP contribution in [-0.4, -0.2) is 30.8 Å². The van der Waals surface area contributed by atoms with Gasteiger partial charge in [-0.25, -0.2) is 0 Å². The number of aromatic nitrogens is 3. The van der Waals surface area contributed by atoms with E-state index >= 15 is 0 Å². The van der Waals surface area contributed by atoms with E-state index in [1.807, 2.05) is 41.8 Å². The first kappa shape index (κ1) is 20.5. The van der Waals surface area contributed by atoms with Crippen molar-refractivity contribution < 1.29 is 9.72 Å². The summed E-state index contributed by atoms with van der Waals surface area (Å²) in [5, 5.41) is 22.5. The highest BCUT2D eigenvalue weighted by atomic mass is 32.2. The van der Waals surface area contributed by atoms with Gasteiger partial charge in [0.15, 0.2) is 11.0 Å². The molecule has 0 aliphatic heterocycles. The summed E-state index contributed by atoms with van der Waals surface area (Å²) < 4.78 is 1.97. The lowest BCUT2D eigenvalue weighted by atomic mass is 10.2. The Kier molecular flexibility index (Phi) is 6.28. The van der Waals surface area contributed by atoms with Crippen LogP contribution in [0.15, 0.2) is 53.7 Å². The first-order valence-corrected chi connectivity index (χ1v) is 9.99. The molecule has 0 bridgehead atoms. The third kappa shape index (κ3) is 4.62.